The summed E-state index contributed by atoms with van der Waals surface area (Å²) in [6.07, 6.45) is 4.39. The largest absolute Gasteiger partial charge is 0.365 e. The summed E-state index contributed by atoms with van der Waals surface area (Å²) >= 11 is 0. The number of aromatic nitrogens is 2. The molecule has 0 unspecified atom stereocenters. The number of nitrogens with one attached hydrogen (secondary N) is 1. The van der Waals surface area contributed by atoms with Crippen molar-refractivity contribution in [3.8, 4) is 0 Å². The lowest BCUT2D eigenvalue weighted by Gasteiger charge is -2.25. The molecule has 0 aromatic carbocycles. The van der Waals surface area contributed by atoms with Crippen molar-refractivity contribution in [1.29, 1.82) is 0 Å². The second-order valence-corrected chi connectivity index (χ2v) is 5.81. The van der Waals surface area contributed by atoms with Gasteiger partial charge < -0.3 is 9.88 Å². The molecule has 1 rings (SSSR count). The van der Waals surface area contributed by atoms with Crippen LogP contribution in [0.5, 0.6) is 0 Å². The van der Waals surface area contributed by atoms with Crippen LogP contribution >= 0.6 is 0 Å². The lowest BCUT2D eigenvalue weighted by atomic mass is 9.85. The van der Waals surface area contributed by atoms with E-state index in [1.807, 2.05) is 0 Å². The van der Waals surface area contributed by atoms with Crippen molar-refractivity contribution < 1.29 is 0 Å². The molecule has 1 heterocycles. The second kappa shape index (κ2) is 7.31. The Morgan fingerprint density at radius 3 is 2.42 bits per heavy atom. The van der Waals surface area contributed by atoms with E-state index in [-0.39, 0.29) is 5.56 Å². The minimum absolute atomic E-state index is 0.0180. The molecule has 0 atom stereocenters. The molecule has 4 heteroatoms. The van der Waals surface area contributed by atoms with Gasteiger partial charge in [0.25, 0.3) is 5.56 Å². The average molecular weight is 265 g/mol. The fraction of sp³-hybridized carbons (Fsp3) is 0.733. The molecule has 0 amide bonds. The molecule has 0 fully saturated rings. The topological polar surface area (TPSA) is 46.9 Å². The fourth-order valence-electron chi connectivity index (χ4n) is 2.44. The monoisotopic (exact) mass is 265 g/mol. The summed E-state index contributed by atoms with van der Waals surface area (Å²) in [5.74, 6) is 2.20. The molecule has 19 heavy (non-hydrogen) atoms. The van der Waals surface area contributed by atoms with E-state index < -0.39 is 0 Å². The first-order valence-electron chi connectivity index (χ1n) is 7.26. The van der Waals surface area contributed by atoms with Crippen molar-refractivity contribution in [2.24, 2.45) is 17.8 Å². The molecular weight excluding hydrogens is 238 g/mol. The molecule has 0 aliphatic rings. The van der Waals surface area contributed by atoms with Gasteiger partial charge in [-0.25, -0.2) is 4.98 Å². The molecule has 1 N–H and O–H groups in total. The number of hydrogen-bond acceptors (Lipinski definition) is 3. The van der Waals surface area contributed by atoms with Gasteiger partial charge >= 0.3 is 0 Å². The Balaban J connectivity index is 2.77. The standard InChI is InChI=1S/C15H27N3O/c1-6-8-18-9-7-16-14(15(18)19)17-10-13(11(2)3)12(4)5/h7,9,11-13H,6,8,10H2,1-5H3,(H,16,17). The Kier molecular flexibility index (Phi) is 6.06. The number of rotatable bonds is 7. The van der Waals surface area contributed by atoms with Gasteiger partial charge in [0.2, 0.25) is 0 Å². The van der Waals surface area contributed by atoms with Crippen LogP contribution in [-0.2, 0) is 6.54 Å². The summed E-state index contributed by atoms with van der Waals surface area (Å²) in [5.41, 5.74) is -0.0180. The average Bonchev–Trinajstić information content (AvgIpc) is 2.33. The van der Waals surface area contributed by atoms with Crippen LogP contribution in [0.1, 0.15) is 41.0 Å². The van der Waals surface area contributed by atoms with E-state index in [0.717, 1.165) is 19.5 Å². The minimum atomic E-state index is -0.0180. The molecule has 0 aliphatic carbocycles. The molecule has 0 saturated carbocycles. The zero-order chi connectivity index (χ0) is 14.4. The lowest BCUT2D eigenvalue weighted by molar-refractivity contribution is 0.304. The maximum atomic E-state index is 12.1. The molecule has 108 valence electrons. The zero-order valence-corrected chi connectivity index (χ0v) is 12.8. The van der Waals surface area contributed by atoms with E-state index in [1.165, 1.54) is 0 Å². The van der Waals surface area contributed by atoms with Crippen molar-refractivity contribution in [2.45, 2.75) is 47.6 Å². The SMILES string of the molecule is CCCn1ccnc(NCC(C(C)C)C(C)C)c1=O. The van der Waals surface area contributed by atoms with Gasteiger partial charge in [0.15, 0.2) is 5.82 Å². The molecule has 1 aromatic rings. The third kappa shape index (κ3) is 4.37. The molecule has 0 saturated heterocycles. The highest BCUT2D eigenvalue weighted by molar-refractivity contribution is 5.30. The quantitative estimate of drug-likeness (QED) is 0.824. The first-order chi connectivity index (χ1) is 8.97. The maximum absolute atomic E-state index is 12.1. The van der Waals surface area contributed by atoms with Gasteiger partial charge in [0, 0.05) is 25.5 Å². The normalized spacial score (nSPS) is 11.6. The summed E-state index contributed by atoms with van der Waals surface area (Å²) < 4.78 is 1.72. The Morgan fingerprint density at radius 2 is 1.89 bits per heavy atom. The van der Waals surface area contributed by atoms with Crippen LogP contribution in [0.2, 0.25) is 0 Å². The van der Waals surface area contributed by atoms with E-state index in [9.17, 15) is 4.79 Å². The first kappa shape index (κ1) is 15.7. The molecule has 0 aliphatic heterocycles. The van der Waals surface area contributed by atoms with Crippen molar-refractivity contribution in [3.63, 3.8) is 0 Å². The third-order valence-electron chi connectivity index (χ3n) is 3.60. The van der Waals surface area contributed by atoms with E-state index in [4.69, 9.17) is 0 Å². The Bertz CT molecular complexity index is 429. The number of nitrogens with zero attached hydrogens (tertiary/aromatic N) is 2. The molecule has 1 aromatic heterocycles. The summed E-state index contributed by atoms with van der Waals surface area (Å²) in [4.78, 5) is 16.3. The van der Waals surface area contributed by atoms with Crippen LogP contribution in [-0.4, -0.2) is 16.1 Å². The van der Waals surface area contributed by atoms with E-state index in [2.05, 4.69) is 44.9 Å². The smallest absolute Gasteiger partial charge is 0.293 e. The molecule has 0 spiro atoms. The Labute approximate surface area is 116 Å². The van der Waals surface area contributed by atoms with E-state index in [1.54, 1.807) is 17.0 Å². The van der Waals surface area contributed by atoms with Crippen LogP contribution in [0.25, 0.3) is 0 Å². The summed E-state index contributed by atoms with van der Waals surface area (Å²) in [6.45, 7) is 12.5. The summed E-state index contributed by atoms with van der Waals surface area (Å²) in [7, 11) is 0. The van der Waals surface area contributed by atoms with Gasteiger partial charge in [0.05, 0.1) is 0 Å². The van der Waals surface area contributed by atoms with Gasteiger partial charge in [0.1, 0.15) is 0 Å². The van der Waals surface area contributed by atoms with Crippen LogP contribution in [0.3, 0.4) is 0 Å². The van der Waals surface area contributed by atoms with Gasteiger partial charge in [-0.05, 0) is 24.2 Å². The van der Waals surface area contributed by atoms with E-state index >= 15 is 0 Å². The van der Waals surface area contributed by atoms with Crippen LogP contribution in [0.4, 0.5) is 5.82 Å². The Morgan fingerprint density at radius 1 is 1.26 bits per heavy atom. The van der Waals surface area contributed by atoms with Crippen LogP contribution in [0, 0.1) is 17.8 Å². The number of hydrogen-bond donors (Lipinski definition) is 1. The third-order valence-corrected chi connectivity index (χ3v) is 3.60. The molecule has 0 bridgehead atoms. The molecular formula is C15H27N3O. The highest BCUT2D eigenvalue weighted by atomic mass is 16.1. The second-order valence-electron chi connectivity index (χ2n) is 5.81. The van der Waals surface area contributed by atoms with Crippen molar-refractivity contribution in [2.75, 3.05) is 11.9 Å². The van der Waals surface area contributed by atoms with Crippen LogP contribution < -0.4 is 10.9 Å². The first-order valence-corrected chi connectivity index (χ1v) is 7.26. The van der Waals surface area contributed by atoms with Gasteiger partial charge in [-0.3, -0.25) is 4.79 Å². The summed E-state index contributed by atoms with van der Waals surface area (Å²) in [5, 5.41) is 3.23. The van der Waals surface area contributed by atoms with Crippen molar-refractivity contribution in [1.82, 2.24) is 9.55 Å². The molecule has 4 nitrogen and oxygen atoms in total. The highest BCUT2D eigenvalue weighted by Crippen LogP contribution is 2.20. The fourth-order valence-corrected chi connectivity index (χ4v) is 2.44. The zero-order valence-electron chi connectivity index (χ0n) is 12.8. The maximum Gasteiger partial charge on any atom is 0.293 e. The van der Waals surface area contributed by atoms with Crippen molar-refractivity contribution >= 4 is 5.82 Å². The number of anilines is 1. The minimum Gasteiger partial charge on any atom is -0.365 e. The van der Waals surface area contributed by atoms with Gasteiger partial charge in [-0.2, -0.15) is 0 Å². The predicted molar refractivity (Wildman–Crippen MR) is 80.4 cm³/mol. The molecule has 0 radical (unpaired) electrons. The van der Waals surface area contributed by atoms with Gasteiger partial charge in [-0.15, -0.1) is 0 Å². The Hall–Kier alpha value is -1.32. The van der Waals surface area contributed by atoms with E-state index in [0.29, 0.717) is 23.6 Å². The van der Waals surface area contributed by atoms with Gasteiger partial charge in [-0.1, -0.05) is 34.6 Å². The highest BCUT2D eigenvalue weighted by Gasteiger charge is 2.18. The summed E-state index contributed by atoms with van der Waals surface area (Å²) in [6, 6.07) is 0. The number of aryl methyl sites for hydroxylation is 1. The predicted octanol–water partition coefficient (Wildman–Crippen LogP) is 2.99. The van der Waals surface area contributed by atoms with Crippen molar-refractivity contribution in [3.05, 3.63) is 22.7 Å². The lowest BCUT2D eigenvalue weighted by Crippen LogP contribution is -2.29. The van der Waals surface area contributed by atoms with Crippen LogP contribution in [0.15, 0.2) is 17.2 Å².